The van der Waals surface area contributed by atoms with E-state index in [-0.39, 0.29) is 24.2 Å². The van der Waals surface area contributed by atoms with E-state index < -0.39 is 6.04 Å². The first-order valence-electron chi connectivity index (χ1n) is 6.56. The van der Waals surface area contributed by atoms with E-state index in [2.05, 4.69) is 10.1 Å². The van der Waals surface area contributed by atoms with Gasteiger partial charge in [0.05, 0.1) is 13.2 Å². The maximum Gasteiger partial charge on any atom is 0.305 e. The van der Waals surface area contributed by atoms with Crippen LogP contribution in [0, 0.1) is 0 Å². The molecule has 4 nitrogen and oxygen atoms in total. The van der Waals surface area contributed by atoms with E-state index in [0.29, 0.717) is 17.0 Å². The molecular formula is C15H20ClNO3. The minimum absolute atomic E-state index is 0.0423. The third kappa shape index (κ3) is 5.31. The number of hydrogen-bond acceptors (Lipinski definition) is 4. The number of ether oxygens (including phenoxy) is 1. The van der Waals surface area contributed by atoms with Gasteiger partial charge in [-0.1, -0.05) is 25.4 Å². The zero-order valence-electron chi connectivity index (χ0n) is 12.0. The standard InChI is InChI=1S/C15H20ClNO3/c1-10(2)17-13(8-9-14(18)20-3)15(19)11-4-6-12(16)7-5-11/h4-7,10,13,17H,8-9H2,1-3H3. The normalized spacial score (nSPS) is 12.2. The van der Waals surface area contributed by atoms with Crippen LogP contribution in [0.25, 0.3) is 0 Å². The third-order valence-electron chi connectivity index (χ3n) is 2.84. The number of hydrogen-bond donors (Lipinski definition) is 1. The maximum atomic E-state index is 12.4. The van der Waals surface area contributed by atoms with Gasteiger partial charge in [0, 0.05) is 23.0 Å². The molecule has 0 aliphatic rings. The SMILES string of the molecule is COC(=O)CCC(NC(C)C)C(=O)c1ccc(Cl)cc1. The van der Waals surface area contributed by atoms with Crippen molar-refractivity contribution in [1.82, 2.24) is 5.32 Å². The van der Waals surface area contributed by atoms with E-state index in [4.69, 9.17) is 11.6 Å². The summed E-state index contributed by atoms with van der Waals surface area (Å²) in [5.74, 6) is -0.358. The number of esters is 1. The van der Waals surface area contributed by atoms with Crippen molar-refractivity contribution >= 4 is 23.4 Å². The van der Waals surface area contributed by atoms with Crippen molar-refractivity contribution in [2.75, 3.05) is 7.11 Å². The molecule has 0 bridgehead atoms. The van der Waals surface area contributed by atoms with E-state index in [1.54, 1.807) is 24.3 Å². The molecule has 0 radical (unpaired) electrons. The zero-order valence-corrected chi connectivity index (χ0v) is 12.7. The minimum atomic E-state index is -0.407. The Morgan fingerprint density at radius 3 is 2.35 bits per heavy atom. The molecule has 0 fully saturated rings. The van der Waals surface area contributed by atoms with Gasteiger partial charge in [0.2, 0.25) is 0 Å². The predicted octanol–water partition coefficient (Wildman–Crippen LogP) is 2.84. The molecule has 0 saturated heterocycles. The summed E-state index contributed by atoms with van der Waals surface area (Å²) in [5.41, 5.74) is 0.581. The summed E-state index contributed by atoms with van der Waals surface area (Å²) < 4.78 is 4.61. The van der Waals surface area contributed by atoms with Gasteiger partial charge < -0.3 is 10.1 Å². The predicted molar refractivity (Wildman–Crippen MR) is 79.1 cm³/mol. The minimum Gasteiger partial charge on any atom is -0.469 e. The molecule has 1 N–H and O–H groups in total. The van der Waals surface area contributed by atoms with Gasteiger partial charge in [0.25, 0.3) is 0 Å². The Hall–Kier alpha value is -1.39. The van der Waals surface area contributed by atoms with Gasteiger partial charge in [0.1, 0.15) is 0 Å². The van der Waals surface area contributed by atoms with Crippen LogP contribution in [0.15, 0.2) is 24.3 Å². The summed E-state index contributed by atoms with van der Waals surface area (Å²) >= 11 is 5.81. The molecule has 1 atom stereocenters. The topological polar surface area (TPSA) is 55.4 Å². The van der Waals surface area contributed by atoms with Crippen molar-refractivity contribution in [2.45, 2.75) is 38.8 Å². The number of rotatable bonds is 7. The first-order valence-corrected chi connectivity index (χ1v) is 6.94. The van der Waals surface area contributed by atoms with Crippen molar-refractivity contribution in [3.8, 4) is 0 Å². The third-order valence-corrected chi connectivity index (χ3v) is 3.10. The number of Topliss-reactive ketones (excluding diaryl/α,β-unsaturated/α-hetero) is 1. The molecule has 1 aromatic rings. The van der Waals surface area contributed by atoms with E-state index in [1.165, 1.54) is 7.11 Å². The summed E-state index contributed by atoms with van der Waals surface area (Å²) in [6.07, 6.45) is 0.618. The Bertz CT molecular complexity index is 457. The highest BCUT2D eigenvalue weighted by Crippen LogP contribution is 2.13. The quantitative estimate of drug-likeness (QED) is 0.621. The van der Waals surface area contributed by atoms with Crippen LogP contribution in [0.4, 0.5) is 0 Å². The Labute approximate surface area is 124 Å². The maximum absolute atomic E-state index is 12.4. The number of halogens is 1. The van der Waals surface area contributed by atoms with Crippen molar-refractivity contribution in [3.63, 3.8) is 0 Å². The average Bonchev–Trinajstić information content (AvgIpc) is 2.42. The molecule has 0 aliphatic carbocycles. The monoisotopic (exact) mass is 297 g/mol. The number of carbonyl (C=O) groups excluding carboxylic acids is 2. The highest BCUT2D eigenvalue weighted by Gasteiger charge is 2.21. The smallest absolute Gasteiger partial charge is 0.305 e. The average molecular weight is 298 g/mol. The molecule has 1 unspecified atom stereocenters. The van der Waals surface area contributed by atoms with Gasteiger partial charge in [-0.05, 0) is 30.7 Å². The molecule has 0 aliphatic heterocycles. The molecule has 1 rings (SSSR count). The Kier molecular flexibility index (Phi) is 6.68. The zero-order chi connectivity index (χ0) is 15.1. The second kappa shape index (κ2) is 8.02. The van der Waals surface area contributed by atoms with Crippen LogP contribution < -0.4 is 5.32 Å². The molecule has 0 amide bonds. The summed E-state index contributed by atoms with van der Waals surface area (Å²) in [6.45, 7) is 3.92. The van der Waals surface area contributed by atoms with Crippen molar-refractivity contribution in [1.29, 1.82) is 0 Å². The first kappa shape index (κ1) is 16.7. The molecule has 110 valence electrons. The summed E-state index contributed by atoms with van der Waals surface area (Å²) in [4.78, 5) is 23.7. The summed E-state index contributed by atoms with van der Waals surface area (Å²) in [6, 6.07) is 6.49. The van der Waals surface area contributed by atoms with Crippen molar-refractivity contribution < 1.29 is 14.3 Å². The molecular weight excluding hydrogens is 278 g/mol. The number of nitrogens with one attached hydrogen (secondary N) is 1. The van der Waals surface area contributed by atoms with Gasteiger partial charge in [0.15, 0.2) is 5.78 Å². The highest BCUT2D eigenvalue weighted by molar-refractivity contribution is 6.30. The lowest BCUT2D eigenvalue weighted by molar-refractivity contribution is -0.140. The number of ketones is 1. The molecule has 0 heterocycles. The van der Waals surface area contributed by atoms with Crippen molar-refractivity contribution in [2.24, 2.45) is 0 Å². The summed E-state index contributed by atoms with van der Waals surface area (Å²) in [7, 11) is 1.34. The largest absolute Gasteiger partial charge is 0.469 e. The fourth-order valence-electron chi connectivity index (χ4n) is 1.87. The Morgan fingerprint density at radius 1 is 1.25 bits per heavy atom. The van der Waals surface area contributed by atoms with Crippen LogP contribution in [0.2, 0.25) is 5.02 Å². The lowest BCUT2D eigenvalue weighted by Crippen LogP contribution is -2.41. The Morgan fingerprint density at radius 2 is 1.85 bits per heavy atom. The first-order chi connectivity index (χ1) is 9.43. The fraction of sp³-hybridized carbons (Fsp3) is 0.467. The molecule has 20 heavy (non-hydrogen) atoms. The number of methoxy groups -OCH3 is 1. The molecule has 5 heteroatoms. The van der Waals surface area contributed by atoms with Crippen LogP contribution in [-0.2, 0) is 9.53 Å². The van der Waals surface area contributed by atoms with E-state index in [1.807, 2.05) is 13.8 Å². The van der Waals surface area contributed by atoms with Crippen LogP contribution in [0.5, 0.6) is 0 Å². The van der Waals surface area contributed by atoms with Gasteiger partial charge in [-0.15, -0.1) is 0 Å². The van der Waals surface area contributed by atoms with Gasteiger partial charge in [-0.3, -0.25) is 9.59 Å². The molecule has 0 spiro atoms. The van der Waals surface area contributed by atoms with E-state index >= 15 is 0 Å². The lowest BCUT2D eigenvalue weighted by atomic mass is 9.99. The second-order valence-electron chi connectivity index (χ2n) is 4.86. The molecule has 0 aromatic heterocycles. The van der Waals surface area contributed by atoms with E-state index in [9.17, 15) is 9.59 Å². The summed E-state index contributed by atoms with van der Waals surface area (Å²) in [5, 5.41) is 3.77. The molecule has 0 saturated carbocycles. The second-order valence-corrected chi connectivity index (χ2v) is 5.30. The van der Waals surface area contributed by atoms with Crippen LogP contribution in [0.1, 0.15) is 37.0 Å². The van der Waals surface area contributed by atoms with Crippen LogP contribution in [0.3, 0.4) is 0 Å². The molecule has 1 aromatic carbocycles. The number of carbonyl (C=O) groups is 2. The fourth-order valence-corrected chi connectivity index (χ4v) is 2.00. The van der Waals surface area contributed by atoms with Gasteiger partial charge >= 0.3 is 5.97 Å². The Balaban J connectivity index is 2.78. The lowest BCUT2D eigenvalue weighted by Gasteiger charge is -2.20. The van der Waals surface area contributed by atoms with Gasteiger partial charge in [-0.2, -0.15) is 0 Å². The van der Waals surface area contributed by atoms with Crippen LogP contribution >= 0.6 is 11.6 Å². The van der Waals surface area contributed by atoms with Crippen LogP contribution in [-0.4, -0.2) is 30.9 Å². The van der Waals surface area contributed by atoms with Gasteiger partial charge in [-0.25, -0.2) is 0 Å². The number of benzene rings is 1. The highest BCUT2D eigenvalue weighted by atomic mass is 35.5. The van der Waals surface area contributed by atoms with Crippen molar-refractivity contribution in [3.05, 3.63) is 34.9 Å². The van der Waals surface area contributed by atoms with E-state index in [0.717, 1.165) is 0 Å².